The molecule has 0 saturated carbocycles. The number of halogens is 2. The number of carbonyl (C=O) groups excluding carboxylic acids is 2. The van der Waals surface area contributed by atoms with E-state index in [1.807, 2.05) is 20.8 Å². The normalized spacial score (nSPS) is 12.9. The molecular weight excluding hydrogens is 541 g/mol. The van der Waals surface area contributed by atoms with Crippen molar-refractivity contribution in [3.05, 3.63) is 94.8 Å². The summed E-state index contributed by atoms with van der Waals surface area (Å²) in [6.45, 7) is 6.57. The fraction of sp³-hybridized carbons (Fsp3) is 0.310. The number of anilines is 1. The van der Waals surface area contributed by atoms with Crippen LogP contribution in [0.3, 0.4) is 0 Å². The van der Waals surface area contributed by atoms with E-state index < -0.39 is 34.3 Å². The molecule has 2 amide bonds. The first-order valence-electron chi connectivity index (χ1n) is 12.6. The van der Waals surface area contributed by atoms with Crippen LogP contribution in [0, 0.1) is 12.7 Å². The van der Waals surface area contributed by atoms with Crippen LogP contribution in [0.4, 0.5) is 10.1 Å². The molecule has 0 aliphatic carbocycles. The highest BCUT2D eigenvalue weighted by Crippen LogP contribution is 2.26. The average Bonchev–Trinajstić information content (AvgIpc) is 2.91. The van der Waals surface area contributed by atoms with E-state index in [9.17, 15) is 22.4 Å². The summed E-state index contributed by atoms with van der Waals surface area (Å²) in [4.78, 5) is 28.2. The molecule has 0 radical (unpaired) electrons. The molecule has 0 fully saturated rings. The van der Waals surface area contributed by atoms with E-state index in [1.54, 1.807) is 43.3 Å². The summed E-state index contributed by atoms with van der Waals surface area (Å²) in [6.07, 6.45) is 0.698. The summed E-state index contributed by atoms with van der Waals surface area (Å²) in [5.74, 6) is -1.55. The van der Waals surface area contributed by atoms with Gasteiger partial charge >= 0.3 is 0 Å². The molecule has 0 aromatic heterocycles. The zero-order valence-corrected chi connectivity index (χ0v) is 24.0. The Hall–Kier alpha value is -3.43. The van der Waals surface area contributed by atoms with Crippen molar-refractivity contribution in [2.45, 2.75) is 57.6 Å². The van der Waals surface area contributed by atoms with Gasteiger partial charge in [0, 0.05) is 17.6 Å². The summed E-state index contributed by atoms with van der Waals surface area (Å²) >= 11 is 6.37. The van der Waals surface area contributed by atoms with Crippen LogP contribution in [-0.2, 0) is 26.2 Å². The Morgan fingerprint density at radius 3 is 2.18 bits per heavy atom. The lowest BCUT2D eigenvalue weighted by molar-refractivity contribution is -0.139. The standard InChI is InChI=1S/C29H33ClFN3O4S/c1-5-21(3)32-29(36)22(4)33(18-23-8-6-7-9-27(23)30)28(35)19-34(25-14-12-24(31)13-15-25)39(37,38)26-16-10-20(2)11-17-26/h6-17,21-22H,5,18-19H2,1-4H3,(H,32,36)/t21-,22-/m0/s1. The van der Waals surface area contributed by atoms with E-state index in [1.165, 1.54) is 29.2 Å². The van der Waals surface area contributed by atoms with Gasteiger partial charge in [-0.3, -0.25) is 13.9 Å². The summed E-state index contributed by atoms with van der Waals surface area (Å²) in [5, 5.41) is 3.29. The van der Waals surface area contributed by atoms with Crippen LogP contribution >= 0.6 is 11.6 Å². The zero-order valence-electron chi connectivity index (χ0n) is 22.4. The quantitative estimate of drug-likeness (QED) is 0.337. The maximum absolute atomic E-state index is 13.9. The summed E-state index contributed by atoms with van der Waals surface area (Å²) < 4.78 is 42.1. The van der Waals surface area contributed by atoms with E-state index in [0.717, 1.165) is 22.0 Å². The predicted octanol–water partition coefficient (Wildman–Crippen LogP) is 5.31. The third kappa shape index (κ3) is 7.58. The number of rotatable bonds is 11. The van der Waals surface area contributed by atoms with Crippen LogP contribution in [0.15, 0.2) is 77.7 Å². The second kappa shape index (κ2) is 13.1. The van der Waals surface area contributed by atoms with Crippen molar-refractivity contribution in [3.8, 4) is 0 Å². The molecule has 208 valence electrons. The molecule has 10 heteroatoms. The number of benzene rings is 3. The molecule has 2 atom stereocenters. The summed E-state index contributed by atoms with van der Waals surface area (Å²) in [7, 11) is -4.23. The third-order valence-electron chi connectivity index (χ3n) is 6.47. The zero-order chi connectivity index (χ0) is 28.7. The second-order valence-electron chi connectivity index (χ2n) is 9.41. The lowest BCUT2D eigenvalue weighted by Gasteiger charge is -2.32. The van der Waals surface area contributed by atoms with Crippen molar-refractivity contribution in [1.29, 1.82) is 0 Å². The van der Waals surface area contributed by atoms with Crippen LogP contribution < -0.4 is 9.62 Å². The molecule has 39 heavy (non-hydrogen) atoms. The first-order valence-corrected chi connectivity index (χ1v) is 14.4. The molecule has 0 spiro atoms. The van der Waals surface area contributed by atoms with Crippen LogP contribution in [0.1, 0.15) is 38.3 Å². The summed E-state index contributed by atoms with van der Waals surface area (Å²) in [6, 6.07) is 17.0. The maximum atomic E-state index is 13.9. The highest BCUT2D eigenvalue weighted by Gasteiger charge is 2.33. The molecule has 3 aromatic carbocycles. The SMILES string of the molecule is CC[C@H](C)NC(=O)[C@H](C)N(Cc1ccccc1Cl)C(=O)CN(c1ccc(F)cc1)S(=O)(=O)c1ccc(C)cc1. The van der Waals surface area contributed by atoms with Gasteiger partial charge in [0.2, 0.25) is 11.8 Å². The fourth-order valence-corrected chi connectivity index (χ4v) is 5.44. The molecule has 0 unspecified atom stereocenters. The smallest absolute Gasteiger partial charge is 0.264 e. The van der Waals surface area contributed by atoms with Crippen molar-refractivity contribution in [1.82, 2.24) is 10.2 Å². The minimum Gasteiger partial charge on any atom is -0.352 e. The highest BCUT2D eigenvalue weighted by atomic mass is 35.5. The number of amides is 2. The number of hydrogen-bond acceptors (Lipinski definition) is 4. The van der Waals surface area contributed by atoms with Gasteiger partial charge in [-0.1, -0.05) is 54.4 Å². The molecule has 0 saturated heterocycles. The number of nitrogens with zero attached hydrogens (tertiary/aromatic N) is 2. The van der Waals surface area contributed by atoms with Gasteiger partial charge in [-0.15, -0.1) is 0 Å². The molecular formula is C29H33ClFN3O4S. The molecule has 0 aliphatic rings. The lowest BCUT2D eigenvalue weighted by atomic mass is 10.1. The van der Waals surface area contributed by atoms with Gasteiger partial charge in [0.25, 0.3) is 10.0 Å². The van der Waals surface area contributed by atoms with Gasteiger partial charge in [0.05, 0.1) is 10.6 Å². The Morgan fingerprint density at radius 1 is 0.974 bits per heavy atom. The minimum atomic E-state index is -4.23. The maximum Gasteiger partial charge on any atom is 0.264 e. The lowest BCUT2D eigenvalue weighted by Crippen LogP contribution is -2.52. The first kappa shape index (κ1) is 30.1. The van der Waals surface area contributed by atoms with Crippen molar-refractivity contribution >= 4 is 39.1 Å². The van der Waals surface area contributed by atoms with Crippen molar-refractivity contribution in [2.75, 3.05) is 10.8 Å². The van der Waals surface area contributed by atoms with Crippen LogP contribution in [-0.4, -0.2) is 43.8 Å². The number of hydrogen-bond donors (Lipinski definition) is 1. The van der Waals surface area contributed by atoms with E-state index >= 15 is 0 Å². The monoisotopic (exact) mass is 573 g/mol. The van der Waals surface area contributed by atoms with Gasteiger partial charge in [-0.2, -0.15) is 0 Å². The Balaban J connectivity index is 2.03. The van der Waals surface area contributed by atoms with Gasteiger partial charge in [-0.25, -0.2) is 12.8 Å². The van der Waals surface area contributed by atoms with Crippen molar-refractivity contribution < 1.29 is 22.4 Å². The first-order chi connectivity index (χ1) is 18.4. The number of sulfonamides is 1. The Morgan fingerprint density at radius 2 is 1.59 bits per heavy atom. The Labute approximate surface area is 234 Å². The number of carbonyl (C=O) groups is 2. The van der Waals surface area contributed by atoms with Crippen LogP contribution in [0.5, 0.6) is 0 Å². The van der Waals surface area contributed by atoms with Gasteiger partial charge in [0.1, 0.15) is 18.4 Å². The topological polar surface area (TPSA) is 86.8 Å². The molecule has 3 aromatic rings. The van der Waals surface area contributed by atoms with E-state index in [-0.39, 0.29) is 29.1 Å². The molecule has 7 nitrogen and oxygen atoms in total. The molecule has 0 bridgehead atoms. The Kier molecular flexibility index (Phi) is 10.1. The van der Waals surface area contributed by atoms with E-state index in [0.29, 0.717) is 17.0 Å². The largest absolute Gasteiger partial charge is 0.352 e. The molecule has 3 rings (SSSR count). The minimum absolute atomic E-state index is 0.0184. The summed E-state index contributed by atoms with van der Waals surface area (Å²) in [5.41, 5.74) is 1.58. The second-order valence-corrected chi connectivity index (χ2v) is 11.7. The van der Waals surface area contributed by atoms with Crippen molar-refractivity contribution in [3.63, 3.8) is 0 Å². The number of nitrogens with one attached hydrogen (secondary N) is 1. The molecule has 1 N–H and O–H groups in total. The van der Waals surface area contributed by atoms with Crippen molar-refractivity contribution in [2.24, 2.45) is 0 Å². The highest BCUT2D eigenvalue weighted by molar-refractivity contribution is 7.92. The van der Waals surface area contributed by atoms with Gasteiger partial charge in [0.15, 0.2) is 0 Å². The number of aryl methyl sites for hydroxylation is 1. The third-order valence-corrected chi connectivity index (χ3v) is 8.63. The van der Waals surface area contributed by atoms with Crippen LogP contribution in [0.25, 0.3) is 0 Å². The van der Waals surface area contributed by atoms with E-state index in [2.05, 4.69) is 5.32 Å². The van der Waals surface area contributed by atoms with Gasteiger partial charge < -0.3 is 10.2 Å². The average molecular weight is 574 g/mol. The molecule has 0 heterocycles. The van der Waals surface area contributed by atoms with E-state index in [4.69, 9.17) is 11.6 Å². The molecule has 0 aliphatic heterocycles. The van der Waals surface area contributed by atoms with Crippen LogP contribution in [0.2, 0.25) is 5.02 Å². The fourth-order valence-electron chi connectivity index (χ4n) is 3.83. The Bertz CT molecular complexity index is 1400. The predicted molar refractivity (Wildman–Crippen MR) is 151 cm³/mol. The van der Waals surface area contributed by atoms with Gasteiger partial charge in [-0.05, 0) is 75.2 Å².